The Balaban J connectivity index is 1.79. The van der Waals surface area contributed by atoms with E-state index in [0.717, 1.165) is 15.5 Å². The zero-order valence-electron chi connectivity index (χ0n) is 12.3. The average Bonchev–Trinajstić information content (AvgIpc) is 3.11. The molecule has 1 fully saturated rings. The number of hydrogen-bond acceptors (Lipinski definition) is 4. The molecule has 7 nitrogen and oxygen atoms in total. The van der Waals surface area contributed by atoms with Gasteiger partial charge in [0.25, 0.3) is 0 Å². The Bertz CT molecular complexity index is 782. The molecule has 1 aromatic carbocycles. The fourth-order valence-electron chi connectivity index (χ4n) is 2.31. The van der Waals surface area contributed by atoms with Gasteiger partial charge in [0.05, 0.1) is 17.9 Å². The number of carbonyl (C=O) groups excluding carboxylic acids is 3. The van der Waals surface area contributed by atoms with Gasteiger partial charge in [0.1, 0.15) is 0 Å². The number of benzene rings is 1. The van der Waals surface area contributed by atoms with Crippen LogP contribution in [0.15, 0.2) is 55.3 Å². The third-order valence-corrected chi connectivity index (χ3v) is 3.43. The van der Waals surface area contributed by atoms with Crippen molar-refractivity contribution in [2.24, 2.45) is 0 Å². The van der Waals surface area contributed by atoms with Gasteiger partial charge >= 0.3 is 17.8 Å². The zero-order valence-corrected chi connectivity index (χ0v) is 12.3. The van der Waals surface area contributed by atoms with Crippen LogP contribution in [0.1, 0.15) is 5.69 Å². The van der Waals surface area contributed by atoms with Crippen LogP contribution in [-0.4, -0.2) is 44.0 Å². The predicted molar refractivity (Wildman–Crippen MR) is 81.4 cm³/mol. The maximum absolute atomic E-state index is 12.1. The van der Waals surface area contributed by atoms with E-state index in [2.05, 4.69) is 11.7 Å². The van der Waals surface area contributed by atoms with Crippen LogP contribution in [0.5, 0.6) is 0 Å². The van der Waals surface area contributed by atoms with Crippen LogP contribution in [-0.2, 0) is 16.1 Å². The minimum atomic E-state index is -0.842. The second-order valence-electron chi connectivity index (χ2n) is 4.97. The van der Waals surface area contributed by atoms with Crippen molar-refractivity contribution >= 4 is 17.8 Å². The number of rotatable bonds is 5. The molecule has 0 unspecified atom stereocenters. The number of imide groups is 2. The fourth-order valence-corrected chi connectivity index (χ4v) is 2.31. The van der Waals surface area contributed by atoms with E-state index in [0.29, 0.717) is 5.69 Å². The Morgan fingerprint density at radius 1 is 1.00 bits per heavy atom. The third kappa shape index (κ3) is 2.64. The van der Waals surface area contributed by atoms with Crippen molar-refractivity contribution in [3.05, 3.63) is 60.9 Å². The molecule has 0 radical (unpaired) electrons. The molecular formula is C16H14N4O3. The highest BCUT2D eigenvalue weighted by molar-refractivity contribution is 6.44. The van der Waals surface area contributed by atoms with Crippen molar-refractivity contribution in [2.45, 2.75) is 6.54 Å². The molecule has 0 spiro atoms. The summed E-state index contributed by atoms with van der Waals surface area (Å²) < 4.78 is 1.64. The molecule has 0 bridgehead atoms. The van der Waals surface area contributed by atoms with E-state index in [4.69, 9.17) is 0 Å². The van der Waals surface area contributed by atoms with Crippen molar-refractivity contribution in [3.63, 3.8) is 0 Å². The lowest BCUT2D eigenvalue weighted by Crippen LogP contribution is -2.33. The zero-order chi connectivity index (χ0) is 16.4. The Hall–Kier alpha value is -3.22. The van der Waals surface area contributed by atoms with E-state index < -0.39 is 17.8 Å². The first-order valence-corrected chi connectivity index (χ1v) is 7.00. The van der Waals surface area contributed by atoms with Crippen LogP contribution < -0.4 is 0 Å². The van der Waals surface area contributed by atoms with Crippen molar-refractivity contribution < 1.29 is 14.4 Å². The number of para-hydroxylation sites is 1. The van der Waals surface area contributed by atoms with Crippen molar-refractivity contribution in [2.75, 3.05) is 6.54 Å². The van der Waals surface area contributed by atoms with Gasteiger partial charge in [-0.15, -0.1) is 6.58 Å². The number of urea groups is 1. The fraction of sp³-hybridized carbons (Fsp3) is 0.125. The van der Waals surface area contributed by atoms with Gasteiger partial charge in [0, 0.05) is 12.7 Å². The van der Waals surface area contributed by atoms with Gasteiger partial charge < -0.3 is 0 Å². The highest BCUT2D eigenvalue weighted by Gasteiger charge is 2.43. The standard InChI is InChI=1S/C16H14N4O3/c1-2-9-18-14(21)15(22)19(16(18)23)11-12-8-10-20(17-12)13-6-4-3-5-7-13/h2-8,10H,1,9,11H2. The van der Waals surface area contributed by atoms with Gasteiger partial charge in [0.2, 0.25) is 0 Å². The lowest BCUT2D eigenvalue weighted by atomic mass is 10.3. The maximum atomic E-state index is 12.1. The smallest absolute Gasteiger partial charge is 0.263 e. The summed E-state index contributed by atoms with van der Waals surface area (Å²) in [6.07, 6.45) is 3.13. The highest BCUT2D eigenvalue weighted by Crippen LogP contribution is 2.16. The second-order valence-corrected chi connectivity index (χ2v) is 4.97. The molecule has 116 valence electrons. The predicted octanol–water partition coefficient (Wildman–Crippen LogP) is 1.35. The van der Waals surface area contributed by atoms with Crippen molar-refractivity contribution in [1.82, 2.24) is 19.6 Å². The van der Waals surface area contributed by atoms with Crippen LogP contribution in [0, 0.1) is 0 Å². The summed E-state index contributed by atoms with van der Waals surface area (Å²) in [5.74, 6) is -1.68. The van der Waals surface area contributed by atoms with Crippen LogP contribution in [0.2, 0.25) is 0 Å². The summed E-state index contributed by atoms with van der Waals surface area (Å²) in [6.45, 7) is 3.44. The summed E-state index contributed by atoms with van der Waals surface area (Å²) in [5.41, 5.74) is 1.38. The number of amides is 4. The van der Waals surface area contributed by atoms with E-state index in [9.17, 15) is 14.4 Å². The second kappa shape index (κ2) is 5.88. The molecular weight excluding hydrogens is 296 g/mol. The van der Waals surface area contributed by atoms with Crippen LogP contribution >= 0.6 is 0 Å². The Labute approximate surface area is 132 Å². The first-order chi connectivity index (χ1) is 11.1. The number of hydrogen-bond donors (Lipinski definition) is 0. The van der Waals surface area contributed by atoms with E-state index in [1.165, 1.54) is 6.08 Å². The van der Waals surface area contributed by atoms with Gasteiger partial charge in [-0.05, 0) is 18.2 Å². The largest absolute Gasteiger partial charge is 0.334 e. The quantitative estimate of drug-likeness (QED) is 0.474. The molecule has 0 atom stereocenters. The van der Waals surface area contributed by atoms with Gasteiger partial charge in [0.15, 0.2) is 0 Å². The first kappa shape index (κ1) is 14.7. The van der Waals surface area contributed by atoms with Crippen LogP contribution in [0.25, 0.3) is 5.69 Å². The Morgan fingerprint density at radius 2 is 1.70 bits per heavy atom. The van der Waals surface area contributed by atoms with E-state index in [1.807, 2.05) is 30.3 Å². The average molecular weight is 310 g/mol. The van der Waals surface area contributed by atoms with Gasteiger partial charge in [-0.25, -0.2) is 14.4 Å². The molecule has 23 heavy (non-hydrogen) atoms. The number of nitrogens with zero attached hydrogens (tertiary/aromatic N) is 4. The van der Waals surface area contributed by atoms with E-state index in [-0.39, 0.29) is 13.1 Å². The molecule has 0 N–H and O–H groups in total. The topological polar surface area (TPSA) is 75.5 Å². The number of aromatic nitrogens is 2. The molecule has 2 heterocycles. The normalized spacial score (nSPS) is 14.7. The summed E-state index contributed by atoms with van der Waals surface area (Å²) in [5, 5.41) is 4.33. The van der Waals surface area contributed by atoms with Gasteiger partial charge in [-0.3, -0.25) is 14.5 Å². The third-order valence-electron chi connectivity index (χ3n) is 3.43. The van der Waals surface area contributed by atoms with E-state index >= 15 is 0 Å². The van der Waals surface area contributed by atoms with Gasteiger partial charge in [-0.2, -0.15) is 5.10 Å². The van der Waals surface area contributed by atoms with Gasteiger partial charge in [-0.1, -0.05) is 24.3 Å². The summed E-state index contributed by atoms with van der Waals surface area (Å²) in [6, 6.07) is 10.5. The highest BCUT2D eigenvalue weighted by atomic mass is 16.2. The van der Waals surface area contributed by atoms with Crippen molar-refractivity contribution in [1.29, 1.82) is 0 Å². The SMILES string of the molecule is C=CCN1C(=O)C(=O)N(Cc2ccn(-c3ccccc3)n2)C1=O. The molecule has 1 aliphatic rings. The number of carbonyl (C=O) groups is 3. The monoisotopic (exact) mass is 310 g/mol. The summed E-state index contributed by atoms with van der Waals surface area (Å²) in [7, 11) is 0. The lowest BCUT2D eigenvalue weighted by molar-refractivity contribution is -0.143. The van der Waals surface area contributed by atoms with Crippen molar-refractivity contribution in [3.8, 4) is 5.69 Å². The minimum Gasteiger partial charge on any atom is -0.263 e. The molecule has 2 aromatic rings. The van der Waals surface area contributed by atoms with E-state index in [1.54, 1.807) is 16.9 Å². The minimum absolute atomic E-state index is 0.0123. The molecule has 0 aliphatic carbocycles. The van der Waals surface area contributed by atoms with Crippen LogP contribution in [0.4, 0.5) is 4.79 Å². The van der Waals surface area contributed by atoms with Crippen LogP contribution in [0.3, 0.4) is 0 Å². The molecule has 1 aromatic heterocycles. The molecule has 0 saturated carbocycles. The molecule has 1 saturated heterocycles. The maximum Gasteiger partial charge on any atom is 0.334 e. The lowest BCUT2D eigenvalue weighted by Gasteiger charge is -2.12. The Morgan fingerprint density at radius 3 is 2.39 bits per heavy atom. The molecule has 4 amide bonds. The molecule has 7 heteroatoms. The molecule has 1 aliphatic heterocycles. The summed E-state index contributed by atoms with van der Waals surface area (Å²) >= 11 is 0. The molecule has 3 rings (SSSR count). The Kier molecular flexibility index (Phi) is 3.76. The first-order valence-electron chi connectivity index (χ1n) is 7.00. The summed E-state index contributed by atoms with van der Waals surface area (Å²) in [4.78, 5) is 37.6.